The Labute approximate surface area is 161 Å². The predicted octanol–water partition coefficient (Wildman–Crippen LogP) is 1.44. The van der Waals surface area contributed by atoms with Crippen molar-refractivity contribution in [2.45, 2.75) is 32.6 Å². The highest BCUT2D eigenvalue weighted by Crippen LogP contribution is 2.20. The second kappa shape index (κ2) is 8.10. The number of hydrogen-bond donors (Lipinski definition) is 0. The average Bonchev–Trinajstić information content (AvgIpc) is 2.73. The minimum Gasteiger partial charge on any atom is -0.342 e. The van der Waals surface area contributed by atoms with Gasteiger partial charge in [-0.15, -0.1) is 0 Å². The number of amidine groups is 1. The maximum absolute atomic E-state index is 4.75. The number of guanidine groups is 2. The van der Waals surface area contributed by atoms with Crippen LogP contribution in [0.1, 0.15) is 32.6 Å². The number of fused-ring (bicyclic) bond motifs is 2. The van der Waals surface area contributed by atoms with E-state index >= 15 is 0 Å². The highest BCUT2D eigenvalue weighted by atomic mass is 15.4. The normalized spacial score (nSPS) is 24.2. The van der Waals surface area contributed by atoms with E-state index in [0.29, 0.717) is 0 Å². The molecule has 4 aliphatic rings. The molecule has 4 rings (SSSR count). The average molecular weight is 371 g/mol. The number of rotatable bonds is 3. The summed E-state index contributed by atoms with van der Waals surface area (Å²) in [5, 5.41) is 0. The largest absolute Gasteiger partial charge is 0.342 e. The molecule has 4 heterocycles. The third-order valence-corrected chi connectivity index (χ3v) is 5.54. The van der Waals surface area contributed by atoms with E-state index in [1.165, 1.54) is 0 Å². The fraction of sp³-hybridized carbons (Fsp3) is 0.684. The lowest BCUT2D eigenvalue weighted by Gasteiger charge is -2.41. The van der Waals surface area contributed by atoms with Crippen LogP contribution in [0.5, 0.6) is 0 Å². The van der Waals surface area contributed by atoms with E-state index < -0.39 is 0 Å². The molecule has 27 heavy (non-hydrogen) atoms. The molecule has 2 saturated heterocycles. The van der Waals surface area contributed by atoms with E-state index in [-0.39, 0.29) is 0 Å². The van der Waals surface area contributed by atoms with Crippen LogP contribution in [0.4, 0.5) is 0 Å². The van der Waals surface area contributed by atoms with Gasteiger partial charge in [-0.05, 0) is 39.3 Å². The van der Waals surface area contributed by atoms with E-state index in [2.05, 4.69) is 38.2 Å². The van der Waals surface area contributed by atoms with Gasteiger partial charge in [0.2, 0.25) is 11.9 Å². The first-order chi connectivity index (χ1) is 13.3. The molecule has 0 amide bonds. The van der Waals surface area contributed by atoms with Gasteiger partial charge in [0.15, 0.2) is 5.82 Å². The van der Waals surface area contributed by atoms with Crippen LogP contribution in [0.25, 0.3) is 0 Å². The van der Waals surface area contributed by atoms with Crippen molar-refractivity contribution >= 4 is 24.5 Å². The van der Waals surface area contributed by atoms with Gasteiger partial charge in [0.25, 0.3) is 0 Å². The fourth-order valence-electron chi connectivity index (χ4n) is 4.20. The highest BCUT2D eigenvalue weighted by Gasteiger charge is 2.29. The molecule has 146 valence electrons. The lowest BCUT2D eigenvalue weighted by Crippen LogP contribution is -2.53. The lowest BCUT2D eigenvalue weighted by molar-refractivity contribution is 0.271. The van der Waals surface area contributed by atoms with Crippen molar-refractivity contribution in [1.29, 1.82) is 0 Å². The Morgan fingerprint density at radius 3 is 2.04 bits per heavy atom. The van der Waals surface area contributed by atoms with E-state index in [4.69, 9.17) is 15.0 Å². The van der Waals surface area contributed by atoms with Gasteiger partial charge in [0, 0.05) is 52.4 Å². The number of hydrogen-bond acceptors (Lipinski definition) is 7. The first-order valence-corrected chi connectivity index (χ1v) is 10.1. The molecular weight excluding hydrogens is 340 g/mol. The molecule has 0 aromatic heterocycles. The summed E-state index contributed by atoms with van der Waals surface area (Å²) >= 11 is 0. The zero-order valence-corrected chi connectivity index (χ0v) is 16.3. The molecule has 0 unspecified atom stereocenters. The number of aliphatic imine (C=N–C) groups is 4. The Morgan fingerprint density at radius 1 is 0.852 bits per heavy atom. The molecule has 0 N–H and O–H groups in total. The Bertz CT molecular complexity index is 692. The Hall–Kier alpha value is -2.38. The molecule has 0 aromatic carbocycles. The van der Waals surface area contributed by atoms with Gasteiger partial charge in [0.05, 0.1) is 6.20 Å². The van der Waals surface area contributed by atoms with E-state index in [1.54, 1.807) is 0 Å². The Morgan fingerprint density at radius 2 is 1.41 bits per heavy atom. The maximum atomic E-state index is 4.75. The van der Waals surface area contributed by atoms with Crippen molar-refractivity contribution < 1.29 is 0 Å². The molecule has 0 aliphatic carbocycles. The molecule has 0 bridgehead atoms. The molecular formula is C19H30N8. The second-order valence-corrected chi connectivity index (χ2v) is 7.38. The minimum atomic E-state index is 0.777. The summed E-state index contributed by atoms with van der Waals surface area (Å²) in [5.74, 6) is 3.84. The zero-order chi connectivity index (χ0) is 18.6. The molecule has 4 aliphatic heterocycles. The van der Waals surface area contributed by atoms with Crippen molar-refractivity contribution in [1.82, 2.24) is 19.6 Å². The van der Waals surface area contributed by atoms with Crippen LogP contribution in [0.3, 0.4) is 0 Å². The van der Waals surface area contributed by atoms with Crippen LogP contribution in [0.2, 0.25) is 0 Å². The van der Waals surface area contributed by atoms with Crippen molar-refractivity contribution in [3.8, 4) is 0 Å². The summed E-state index contributed by atoms with van der Waals surface area (Å²) in [4.78, 5) is 27.6. The standard InChI is InChI=1S/C19H30N8/c1-16(26-13-5-11-24-9-3-7-21-18(24)26)23-15-17(20-2)27-14-6-12-25-10-4-8-22-19(25)27/h15H,2-14H2,1H3/b17-15+,23-16?. The van der Waals surface area contributed by atoms with E-state index in [0.717, 1.165) is 102 Å². The molecule has 0 saturated carbocycles. The second-order valence-electron chi connectivity index (χ2n) is 7.38. The molecule has 0 atom stereocenters. The zero-order valence-electron chi connectivity index (χ0n) is 16.3. The van der Waals surface area contributed by atoms with Crippen LogP contribution in [0, 0.1) is 0 Å². The van der Waals surface area contributed by atoms with Crippen molar-refractivity contribution in [3.05, 3.63) is 12.0 Å². The first-order valence-electron chi connectivity index (χ1n) is 10.1. The summed E-state index contributed by atoms with van der Waals surface area (Å²) in [6.45, 7) is 13.9. The summed E-state index contributed by atoms with van der Waals surface area (Å²) in [7, 11) is 0. The molecule has 2 fully saturated rings. The topological polar surface area (TPSA) is 62.4 Å². The van der Waals surface area contributed by atoms with Gasteiger partial charge >= 0.3 is 0 Å². The Kier molecular flexibility index (Phi) is 5.40. The smallest absolute Gasteiger partial charge is 0.202 e. The van der Waals surface area contributed by atoms with Crippen LogP contribution >= 0.6 is 0 Å². The number of nitrogens with zero attached hydrogens (tertiary/aromatic N) is 8. The molecule has 0 spiro atoms. The summed E-state index contributed by atoms with van der Waals surface area (Å²) < 4.78 is 0. The minimum absolute atomic E-state index is 0.777. The van der Waals surface area contributed by atoms with E-state index in [9.17, 15) is 0 Å². The van der Waals surface area contributed by atoms with Crippen LogP contribution in [-0.4, -0.2) is 96.4 Å². The van der Waals surface area contributed by atoms with Gasteiger partial charge in [-0.1, -0.05) is 0 Å². The summed E-state index contributed by atoms with van der Waals surface area (Å²) in [6.07, 6.45) is 6.35. The SMILES string of the molecule is C=N/C(=C\N=C(C)N1CCCN2CCCN=C21)N1CCCN2CCCN=C21. The van der Waals surface area contributed by atoms with Crippen LogP contribution in [-0.2, 0) is 0 Å². The molecule has 0 radical (unpaired) electrons. The highest BCUT2D eigenvalue weighted by molar-refractivity contribution is 5.99. The van der Waals surface area contributed by atoms with Gasteiger partial charge in [-0.3, -0.25) is 14.9 Å². The van der Waals surface area contributed by atoms with Crippen LogP contribution < -0.4 is 0 Å². The van der Waals surface area contributed by atoms with Gasteiger partial charge in [0.1, 0.15) is 5.84 Å². The fourth-order valence-corrected chi connectivity index (χ4v) is 4.20. The maximum Gasteiger partial charge on any atom is 0.202 e. The van der Waals surface area contributed by atoms with Crippen LogP contribution in [0.15, 0.2) is 32.0 Å². The van der Waals surface area contributed by atoms with Crippen molar-refractivity contribution in [2.24, 2.45) is 20.0 Å². The third kappa shape index (κ3) is 3.70. The van der Waals surface area contributed by atoms with Gasteiger partial charge in [-0.25, -0.2) is 9.98 Å². The molecule has 0 aromatic rings. The van der Waals surface area contributed by atoms with Crippen molar-refractivity contribution in [3.63, 3.8) is 0 Å². The van der Waals surface area contributed by atoms with Crippen molar-refractivity contribution in [2.75, 3.05) is 52.4 Å². The monoisotopic (exact) mass is 370 g/mol. The lowest BCUT2D eigenvalue weighted by atomic mass is 10.2. The predicted molar refractivity (Wildman–Crippen MR) is 110 cm³/mol. The quantitative estimate of drug-likeness (QED) is 0.557. The third-order valence-electron chi connectivity index (χ3n) is 5.54. The van der Waals surface area contributed by atoms with E-state index in [1.807, 2.05) is 6.20 Å². The Balaban J connectivity index is 1.54. The summed E-state index contributed by atoms with van der Waals surface area (Å²) in [6, 6.07) is 0. The molecule has 8 heteroatoms. The van der Waals surface area contributed by atoms with Gasteiger partial charge < -0.3 is 14.7 Å². The first kappa shape index (κ1) is 18.0. The molecule has 8 nitrogen and oxygen atoms in total. The summed E-state index contributed by atoms with van der Waals surface area (Å²) in [5.41, 5.74) is 0. The van der Waals surface area contributed by atoms with Gasteiger partial charge in [-0.2, -0.15) is 0 Å².